The number of hydrogen-bond donors (Lipinski definition) is 1. The molecule has 1 aromatic rings. The van der Waals surface area contributed by atoms with E-state index in [0.29, 0.717) is 11.4 Å². The number of Topliss-reactive ketones (excluding diaryl/α,β-unsaturated/α-hetero) is 1. The van der Waals surface area contributed by atoms with Crippen LogP contribution in [0.3, 0.4) is 0 Å². The molecule has 0 saturated heterocycles. The number of carbonyl (C=O) groups excluding carboxylic acids is 1. The van der Waals surface area contributed by atoms with Crippen molar-refractivity contribution in [3.63, 3.8) is 0 Å². The minimum Gasteiger partial charge on any atom is -0.508 e. The standard InChI is InChI=1S/C12H13ClO2/c1-2-11(14)10-6-8(10)9-5-7(13)3-4-12(9)15/h3-5,8,10,15H,2,6H2,1H3. The third-order valence-electron chi connectivity index (χ3n) is 2.94. The molecule has 0 radical (unpaired) electrons. The van der Waals surface area contributed by atoms with Crippen LogP contribution in [0.4, 0.5) is 0 Å². The number of carbonyl (C=O) groups is 1. The lowest BCUT2D eigenvalue weighted by Crippen LogP contribution is -1.99. The Kier molecular flexibility index (Phi) is 2.70. The first-order chi connectivity index (χ1) is 7.13. The smallest absolute Gasteiger partial charge is 0.136 e. The molecule has 0 aromatic heterocycles. The number of halogens is 1. The van der Waals surface area contributed by atoms with Gasteiger partial charge in [-0.15, -0.1) is 0 Å². The van der Waals surface area contributed by atoms with E-state index in [0.717, 1.165) is 12.0 Å². The number of benzene rings is 1. The van der Waals surface area contributed by atoms with E-state index in [1.807, 2.05) is 6.92 Å². The van der Waals surface area contributed by atoms with Crippen LogP contribution in [0.5, 0.6) is 5.75 Å². The Morgan fingerprint density at radius 2 is 2.33 bits per heavy atom. The summed E-state index contributed by atoms with van der Waals surface area (Å²) in [5.41, 5.74) is 0.814. The van der Waals surface area contributed by atoms with Gasteiger partial charge in [-0.1, -0.05) is 18.5 Å². The fraction of sp³-hybridized carbons (Fsp3) is 0.417. The zero-order valence-corrected chi connectivity index (χ0v) is 9.29. The fourth-order valence-electron chi connectivity index (χ4n) is 1.98. The molecule has 0 amide bonds. The fourth-order valence-corrected chi connectivity index (χ4v) is 2.16. The summed E-state index contributed by atoms with van der Waals surface area (Å²) in [6, 6.07) is 4.99. The van der Waals surface area contributed by atoms with Gasteiger partial charge in [0, 0.05) is 17.4 Å². The van der Waals surface area contributed by atoms with Crippen LogP contribution in [-0.2, 0) is 4.79 Å². The lowest BCUT2D eigenvalue weighted by Gasteiger charge is -2.03. The van der Waals surface area contributed by atoms with E-state index in [1.165, 1.54) is 0 Å². The maximum absolute atomic E-state index is 11.4. The highest BCUT2D eigenvalue weighted by molar-refractivity contribution is 6.30. The van der Waals surface area contributed by atoms with Crippen LogP contribution in [0, 0.1) is 5.92 Å². The highest BCUT2D eigenvalue weighted by Gasteiger charge is 2.43. The molecule has 0 aliphatic heterocycles. The molecule has 0 bridgehead atoms. The molecule has 15 heavy (non-hydrogen) atoms. The molecule has 2 nitrogen and oxygen atoms in total. The maximum Gasteiger partial charge on any atom is 0.136 e. The Bertz CT molecular complexity index is 401. The number of phenolic OH excluding ortho intramolecular Hbond substituents is 1. The van der Waals surface area contributed by atoms with Gasteiger partial charge in [-0.2, -0.15) is 0 Å². The van der Waals surface area contributed by atoms with Crippen LogP contribution in [0.2, 0.25) is 5.02 Å². The summed E-state index contributed by atoms with van der Waals surface area (Å²) in [6.07, 6.45) is 1.42. The average molecular weight is 225 g/mol. The Labute approximate surface area is 93.9 Å². The van der Waals surface area contributed by atoms with Crippen LogP contribution in [0.15, 0.2) is 18.2 Å². The summed E-state index contributed by atoms with van der Waals surface area (Å²) in [6.45, 7) is 1.87. The van der Waals surface area contributed by atoms with E-state index < -0.39 is 0 Å². The molecule has 3 heteroatoms. The van der Waals surface area contributed by atoms with E-state index in [2.05, 4.69) is 0 Å². The van der Waals surface area contributed by atoms with Gasteiger partial charge in [-0.25, -0.2) is 0 Å². The molecule has 2 atom stereocenters. The van der Waals surface area contributed by atoms with Crippen molar-refractivity contribution in [2.24, 2.45) is 5.92 Å². The molecule has 0 spiro atoms. The Morgan fingerprint density at radius 1 is 1.60 bits per heavy atom. The van der Waals surface area contributed by atoms with Crippen molar-refractivity contribution in [3.8, 4) is 5.75 Å². The number of hydrogen-bond acceptors (Lipinski definition) is 2. The van der Waals surface area contributed by atoms with Crippen molar-refractivity contribution < 1.29 is 9.90 Å². The lowest BCUT2D eigenvalue weighted by molar-refractivity contribution is -0.120. The van der Waals surface area contributed by atoms with E-state index in [9.17, 15) is 9.90 Å². The number of rotatable bonds is 3. The van der Waals surface area contributed by atoms with Crippen molar-refractivity contribution in [3.05, 3.63) is 28.8 Å². The zero-order chi connectivity index (χ0) is 11.0. The Morgan fingerprint density at radius 3 is 3.00 bits per heavy atom. The van der Waals surface area contributed by atoms with Crippen LogP contribution < -0.4 is 0 Å². The minimum absolute atomic E-state index is 0.0966. The predicted octanol–water partition coefficient (Wildman–Crippen LogP) is 3.13. The van der Waals surface area contributed by atoms with Crippen LogP contribution in [0.1, 0.15) is 31.2 Å². The summed E-state index contributed by atoms with van der Waals surface area (Å²) < 4.78 is 0. The van der Waals surface area contributed by atoms with E-state index in [1.54, 1.807) is 18.2 Å². The molecule has 0 heterocycles. The van der Waals surface area contributed by atoms with Crippen molar-refractivity contribution in [1.82, 2.24) is 0 Å². The maximum atomic E-state index is 11.4. The summed E-state index contributed by atoms with van der Waals surface area (Å²) in [5, 5.41) is 10.3. The molecule has 2 rings (SSSR count). The van der Waals surface area contributed by atoms with Gasteiger partial charge in [-0.3, -0.25) is 4.79 Å². The van der Waals surface area contributed by atoms with Crippen molar-refractivity contribution in [1.29, 1.82) is 0 Å². The SMILES string of the molecule is CCC(=O)C1CC1c1cc(Cl)ccc1O. The molecule has 1 fully saturated rings. The van der Waals surface area contributed by atoms with Crippen molar-refractivity contribution in [2.75, 3.05) is 0 Å². The number of phenols is 1. The Balaban J connectivity index is 2.19. The predicted molar refractivity (Wildman–Crippen MR) is 59.3 cm³/mol. The second kappa shape index (κ2) is 3.86. The molecule has 1 aliphatic rings. The van der Waals surface area contributed by atoms with E-state index in [-0.39, 0.29) is 23.4 Å². The quantitative estimate of drug-likeness (QED) is 0.857. The van der Waals surface area contributed by atoms with E-state index in [4.69, 9.17) is 11.6 Å². The average Bonchev–Trinajstić information content (AvgIpc) is 3.00. The van der Waals surface area contributed by atoms with Gasteiger partial charge in [0.05, 0.1) is 0 Å². The summed E-state index contributed by atoms with van der Waals surface area (Å²) in [5.74, 6) is 0.797. The highest BCUT2D eigenvalue weighted by atomic mass is 35.5. The summed E-state index contributed by atoms with van der Waals surface area (Å²) in [4.78, 5) is 11.4. The van der Waals surface area contributed by atoms with E-state index >= 15 is 0 Å². The lowest BCUT2D eigenvalue weighted by atomic mass is 10.1. The zero-order valence-electron chi connectivity index (χ0n) is 8.53. The van der Waals surface area contributed by atoms with Crippen molar-refractivity contribution in [2.45, 2.75) is 25.7 Å². The first-order valence-corrected chi connectivity index (χ1v) is 5.52. The molecule has 1 N–H and O–H groups in total. The highest BCUT2D eigenvalue weighted by Crippen LogP contribution is 2.51. The van der Waals surface area contributed by atoms with Gasteiger partial charge >= 0.3 is 0 Å². The normalized spacial score (nSPS) is 23.9. The van der Waals surface area contributed by atoms with Gasteiger partial charge in [0.2, 0.25) is 0 Å². The minimum atomic E-state index is 0.0966. The second-order valence-electron chi connectivity index (χ2n) is 3.97. The topological polar surface area (TPSA) is 37.3 Å². The van der Waals surface area contributed by atoms with Gasteiger partial charge in [0.1, 0.15) is 11.5 Å². The summed E-state index contributed by atoms with van der Waals surface area (Å²) in [7, 11) is 0. The monoisotopic (exact) mass is 224 g/mol. The third kappa shape index (κ3) is 2.00. The first kappa shape index (κ1) is 10.5. The molecular weight excluding hydrogens is 212 g/mol. The molecule has 1 aliphatic carbocycles. The van der Waals surface area contributed by atoms with Crippen LogP contribution in [0.25, 0.3) is 0 Å². The first-order valence-electron chi connectivity index (χ1n) is 5.14. The Hall–Kier alpha value is -1.02. The third-order valence-corrected chi connectivity index (χ3v) is 3.18. The van der Waals surface area contributed by atoms with Crippen molar-refractivity contribution >= 4 is 17.4 Å². The molecule has 80 valence electrons. The van der Waals surface area contributed by atoms with Gasteiger partial charge in [-0.05, 0) is 36.1 Å². The number of aromatic hydroxyl groups is 1. The van der Waals surface area contributed by atoms with Crippen LogP contribution >= 0.6 is 11.6 Å². The largest absolute Gasteiger partial charge is 0.508 e. The molecule has 1 aromatic carbocycles. The molecule has 1 saturated carbocycles. The van der Waals surface area contributed by atoms with Crippen LogP contribution in [-0.4, -0.2) is 10.9 Å². The number of ketones is 1. The van der Waals surface area contributed by atoms with Gasteiger partial charge < -0.3 is 5.11 Å². The van der Waals surface area contributed by atoms with Gasteiger partial charge in [0.25, 0.3) is 0 Å². The molecule has 2 unspecified atom stereocenters. The summed E-state index contributed by atoms with van der Waals surface area (Å²) >= 11 is 5.85. The molecular formula is C12H13ClO2. The van der Waals surface area contributed by atoms with Gasteiger partial charge in [0.15, 0.2) is 0 Å². The second-order valence-corrected chi connectivity index (χ2v) is 4.41.